The van der Waals surface area contributed by atoms with Crippen LogP contribution in [-0.2, 0) is 4.79 Å². The van der Waals surface area contributed by atoms with Crippen LogP contribution in [0.3, 0.4) is 0 Å². The van der Waals surface area contributed by atoms with E-state index in [2.05, 4.69) is 11.6 Å². The fourth-order valence-corrected chi connectivity index (χ4v) is 1.30. The molecular weight excluding hydrogens is 357 g/mol. The molecule has 0 saturated carbocycles. The summed E-state index contributed by atoms with van der Waals surface area (Å²) in [6.07, 6.45) is -12.6. The Morgan fingerprint density at radius 2 is 1.36 bits per heavy atom. The van der Waals surface area contributed by atoms with E-state index in [0.29, 0.717) is 0 Å². The van der Waals surface area contributed by atoms with Gasteiger partial charge in [0.25, 0.3) is 5.91 Å². The fraction of sp³-hybridized carbons (Fsp3) is 0.300. The smallest absolute Gasteiger partial charge is 0.321 e. The number of hydrogen-bond acceptors (Lipinski definition) is 1. The normalized spacial score (nSPS) is 13.2. The molecule has 0 saturated heterocycles. The Labute approximate surface area is 120 Å². The van der Waals surface area contributed by atoms with Crippen molar-refractivity contribution < 1.29 is 44.3 Å². The van der Waals surface area contributed by atoms with Gasteiger partial charge in [-0.15, -0.1) is 0 Å². The van der Waals surface area contributed by atoms with Crippen molar-refractivity contribution in [3.05, 3.63) is 29.6 Å². The van der Waals surface area contributed by atoms with Crippen molar-refractivity contribution in [2.24, 2.45) is 0 Å². The van der Waals surface area contributed by atoms with Crippen LogP contribution in [-0.4, -0.2) is 23.1 Å². The summed E-state index contributed by atoms with van der Waals surface area (Å²) in [4.78, 5) is 5.82. The molecule has 124 valence electrons. The Kier molecular flexibility index (Phi) is 4.62. The highest BCUT2D eigenvalue weighted by molar-refractivity contribution is 6.38. The summed E-state index contributed by atoms with van der Waals surface area (Å²) in [6, 6.07) is 0.417. The van der Waals surface area contributed by atoms with Gasteiger partial charge in [0, 0.05) is 0 Å². The first-order valence-electron chi connectivity index (χ1n) is 5.00. The Balaban J connectivity index is 3.28. The van der Waals surface area contributed by atoms with Gasteiger partial charge in [-0.2, -0.15) is 26.3 Å². The van der Waals surface area contributed by atoms with Crippen LogP contribution in [0.4, 0.5) is 45.2 Å². The molecule has 2 nitrogen and oxygen atoms in total. The van der Waals surface area contributed by atoms with Crippen LogP contribution in [0.25, 0.3) is 0 Å². The minimum absolute atomic E-state index is 0.186. The highest BCUT2D eigenvalue weighted by Crippen LogP contribution is 2.48. The van der Waals surface area contributed by atoms with Crippen molar-refractivity contribution in [3.63, 3.8) is 0 Å². The maximum absolute atomic E-state index is 13.2. The number of amides is 1. The largest absolute Gasteiger partial charge is 0.425 e. The van der Waals surface area contributed by atoms with E-state index in [4.69, 9.17) is 0 Å². The molecule has 0 bridgehead atoms. The van der Waals surface area contributed by atoms with E-state index in [0.717, 1.165) is 5.32 Å². The molecule has 22 heavy (non-hydrogen) atoms. The minimum Gasteiger partial charge on any atom is -0.321 e. The summed E-state index contributed by atoms with van der Waals surface area (Å²) >= 11 is 4.36. The third-order valence-corrected chi connectivity index (χ3v) is 2.98. The van der Waals surface area contributed by atoms with Crippen LogP contribution < -0.4 is 5.32 Å². The summed E-state index contributed by atoms with van der Waals surface area (Å²) in [5, 5.41) is 0.839. The van der Waals surface area contributed by atoms with Gasteiger partial charge in [0.05, 0.1) is 5.69 Å². The van der Waals surface area contributed by atoms with E-state index in [-0.39, 0.29) is 12.1 Å². The number of carbonyl (C=O) groups excluding carboxylic acids is 1. The van der Waals surface area contributed by atoms with Crippen LogP contribution in [0.5, 0.6) is 0 Å². The lowest BCUT2D eigenvalue weighted by molar-refractivity contribution is -0.258. The Bertz CT molecular complexity index is 581. The number of halogens is 10. The highest BCUT2D eigenvalue weighted by Gasteiger charge is 2.75. The SMILES string of the molecule is O=C(Nc1ccc(F)c(F)c1F)C(Cl)(C(F)(F)F)C(F)(F)F. The third-order valence-electron chi connectivity index (χ3n) is 2.38. The quantitative estimate of drug-likeness (QED) is 0.480. The van der Waals surface area contributed by atoms with Crippen LogP contribution in [0.1, 0.15) is 0 Å². The van der Waals surface area contributed by atoms with Crippen molar-refractivity contribution in [2.45, 2.75) is 17.2 Å². The molecule has 0 spiro atoms. The molecule has 0 aromatic heterocycles. The number of carbonyl (C=O) groups is 1. The lowest BCUT2D eigenvalue weighted by Gasteiger charge is -2.30. The molecule has 1 aromatic rings. The van der Waals surface area contributed by atoms with Gasteiger partial charge in [0.15, 0.2) is 17.5 Å². The van der Waals surface area contributed by atoms with E-state index in [1.807, 2.05) is 0 Å². The molecule has 1 aromatic carbocycles. The van der Waals surface area contributed by atoms with E-state index in [1.165, 1.54) is 0 Å². The van der Waals surface area contributed by atoms with E-state index in [1.54, 1.807) is 0 Å². The molecule has 0 aliphatic rings. The zero-order valence-electron chi connectivity index (χ0n) is 9.84. The van der Waals surface area contributed by atoms with Gasteiger partial charge in [-0.25, -0.2) is 13.2 Å². The van der Waals surface area contributed by atoms with E-state index >= 15 is 0 Å². The lowest BCUT2D eigenvalue weighted by Crippen LogP contribution is -2.60. The molecule has 0 aliphatic heterocycles. The van der Waals surface area contributed by atoms with Gasteiger partial charge >= 0.3 is 17.2 Å². The predicted molar refractivity (Wildman–Crippen MR) is 55.6 cm³/mol. The Hall–Kier alpha value is -1.65. The molecule has 0 atom stereocenters. The first-order chi connectivity index (χ1) is 9.73. The van der Waals surface area contributed by atoms with Crippen LogP contribution in [0.2, 0.25) is 0 Å². The molecule has 0 unspecified atom stereocenters. The molecule has 0 fully saturated rings. The Morgan fingerprint density at radius 1 is 0.909 bits per heavy atom. The summed E-state index contributed by atoms with van der Waals surface area (Å²) in [5.74, 6) is -9.06. The number of benzene rings is 1. The van der Waals surface area contributed by atoms with Gasteiger partial charge in [0.2, 0.25) is 0 Å². The van der Waals surface area contributed by atoms with Crippen LogP contribution >= 0.6 is 11.6 Å². The maximum atomic E-state index is 13.2. The molecular formula is C10H3ClF9NO. The zero-order chi connectivity index (χ0) is 17.5. The van der Waals surface area contributed by atoms with Crippen molar-refractivity contribution in [1.82, 2.24) is 0 Å². The average molecular weight is 360 g/mol. The van der Waals surface area contributed by atoms with Gasteiger partial charge in [-0.1, -0.05) is 11.6 Å². The first-order valence-corrected chi connectivity index (χ1v) is 5.38. The van der Waals surface area contributed by atoms with Crippen molar-refractivity contribution >= 4 is 23.2 Å². The number of rotatable bonds is 2. The minimum atomic E-state index is -6.29. The molecule has 0 radical (unpaired) electrons. The second kappa shape index (κ2) is 5.52. The second-order valence-electron chi connectivity index (χ2n) is 3.83. The number of alkyl halides is 7. The average Bonchev–Trinajstić information content (AvgIpc) is 2.35. The maximum Gasteiger partial charge on any atom is 0.425 e. The zero-order valence-corrected chi connectivity index (χ0v) is 10.6. The first kappa shape index (κ1) is 18.4. The standard InChI is InChI=1S/C10H3ClF9NO/c11-8(9(15,16)17,10(18,19)20)7(22)21-4-2-1-3(12)5(13)6(4)14/h1-2H,(H,21,22). The molecule has 1 amide bonds. The lowest BCUT2D eigenvalue weighted by atomic mass is 10.1. The fourth-order valence-electron chi connectivity index (χ4n) is 1.25. The highest BCUT2D eigenvalue weighted by atomic mass is 35.5. The third kappa shape index (κ3) is 2.94. The topological polar surface area (TPSA) is 29.1 Å². The second-order valence-corrected chi connectivity index (χ2v) is 4.40. The number of hydrogen-bond donors (Lipinski definition) is 1. The van der Waals surface area contributed by atoms with E-state index < -0.39 is 46.3 Å². The monoisotopic (exact) mass is 359 g/mol. The summed E-state index contributed by atoms with van der Waals surface area (Å²) in [7, 11) is 0. The van der Waals surface area contributed by atoms with Crippen molar-refractivity contribution in [2.75, 3.05) is 5.32 Å². The number of nitrogens with one attached hydrogen (secondary N) is 1. The number of anilines is 1. The Morgan fingerprint density at radius 3 is 1.77 bits per heavy atom. The summed E-state index contributed by atoms with van der Waals surface area (Å²) in [6.45, 7) is 0. The van der Waals surface area contributed by atoms with Crippen LogP contribution in [0, 0.1) is 17.5 Å². The molecule has 0 heterocycles. The van der Waals surface area contributed by atoms with Crippen LogP contribution in [0.15, 0.2) is 12.1 Å². The van der Waals surface area contributed by atoms with E-state index in [9.17, 15) is 44.3 Å². The van der Waals surface area contributed by atoms with Gasteiger partial charge < -0.3 is 5.32 Å². The van der Waals surface area contributed by atoms with Crippen molar-refractivity contribution in [1.29, 1.82) is 0 Å². The predicted octanol–water partition coefficient (Wildman–Crippen LogP) is 4.14. The summed E-state index contributed by atoms with van der Waals surface area (Å²) < 4.78 is 113. The molecule has 1 N–H and O–H groups in total. The van der Waals surface area contributed by atoms with Gasteiger partial charge in [-0.3, -0.25) is 4.79 Å². The van der Waals surface area contributed by atoms with Crippen molar-refractivity contribution in [3.8, 4) is 0 Å². The molecule has 0 aliphatic carbocycles. The molecule has 12 heteroatoms. The summed E-state index contributed by atoms with van der Waals surface area (Å²) in [5.41, 5.74) is -1.44. The van der Waals surface area contributed by atoms with Gasteiger partial charge in [0.1, 0.15) is 0 Å². The van der Waals surface area contributed by atoms with Gasteiger partial charge in [-0.05, 0) is 12.1 Å². The molecule has 1 rings (SSSR count).